The number of carbonyl (C=O) groups is 1. The van der Waals surface area contributed by atoms with Gasteiger partial charge < -0.3 is 4.74 Å². The molecule has 1 heterocycles. The number of terminal acetylenes is 1. The lowest BCUT2D eigenvalue weighted by Gasteiger charge is -2.06. The van der Waals surface area contributed by atoms with Crippen molar-refractivity contribution in [2.24, 2.45) is 0 Å². The van der Waals surface area contributed by atoms with E-state index >= 15 is 0 Å². The Morgan fingerprint density at radius 3 is 3.00 bits per heavy atom. The molecule has 0 aromatic carbocycles. The zero-order valence-electron chi connectivity index (χ0n) is 8.94. The highest BCUT2D eigenvalue weighted by Crippen LogP contribution is 1.98. The van der Waals surface area contributed by atoms with Crippen LogP contribution in [0.2, 0.25) is 0 Å². The van der Waals surface area contributed by atoms with E-state index in [1.165, 1.54) is 6.07 Å². The molecular weight excluding hydrogens is 227 g/mol. The number of nitrogens with zero attached hydrogens (tertiary/aromatic N) is 2. The van der Waals surface area contributed by atoms with Crippen LogP contribution in [0.4, 0.5) is 10.2 Å². The molecule has 6 nitrogen and oxygen atoms in total. The first-order valence-electron chi connectivity index (χ1n) is 4.77. The summed E-state index contributed by atoms with van der Waals surface area (Å²) in [5.41, 5.74) is 4.83. The van der Waals surface area contributed by atoms with Gasteiger partial charge in [0.05, 0.1) is 13.0 Å². The van der Waals surface area contributed by atoms with Crippen LogP contribution in [0.5, 0.6) is 0 Å². The van der Waals surface area contributed by atoms with E-state index in [-0.39, 0.29) is 31.4 Å². The predicted molar refractivity (Wildman–Crippen MR) is 58.0 cm³/mol. The van der Waals surface area contributed by atoms with E-state index in [9.17, 15) is 9.18 Å². The van der Waals surface area contributed by atoms with Gasteiger partial charge in [-0.1, -0.05) is 5.92 Å². The number of hydrogen-bond acceptors (Lipinski definition) is 5. The van der Waals surface area contributed by atoms with Crippen LogP contribution < -0.4 is 10.9 Å². The Labute approximate surface area is 97.5 Å². The molecule has 0 spiro atoms. The predicted octanol–water partition coefficient (Wildman–Crippen LogP) is 0.0987. The number of aromatic nitrogens is 2. The highest BCUT2D eigenvalue weighted by molar-refractivity contribution is 5.77. The van der Waals surface area contributed by atoms with Crippen molar-refractivity contribution in [3.8, 4) is 12.3 Å². The van der Waals surface area contributed by atoms with E-state index in [0.29, 0.717) is 0 Å². The van der Waals surface area contributed by atoms with Crippen LogP contribution in [0.25, 0.3) is 0 Å². The molecule has 0 atom stereocenters. The van der Waals surface area contributed by atoms with Crippen molar-refractivity contribution >= 4 is 11.7 Å². The van der Waals surface area contributed by atoms with Crippen molar-refractivity contribution in [2.45, 2.75) is 6.42 Å². The number of amides is 1. The molecule has 0 aliphatic heterocycles. The number of rotatable bonds is 6. The quantitative estimate of drug-likeness (QED) is 0.417. The van der Waals surface area contributed by atoms with Gasteiger partial charge in [0, 0.05) is 0 Å². The number of hydrogen-bond donors (Lipinski definition) is 2. The standard InChI is InChI=1S/C10H11FN4O2/c1-2-6-17-7-5-10(16)15-14-9-4-3-8(11)12-13-9/h1,3-4H,5-7H2,(H,13,14)(H,15,16). The summed E-state index contributed by atoms with van der Waals surface area (Å²) in [5, 5.41) is 6.62. The van der Waals surface area contributed by atoms with Crippen LogP contribution in [-0.4, -0.2) is 29.3 Å². The fourth-order valence-corrected chi connectivity index (χ4v) is 0.875. The van der Waals surface area contributed by atoms with E-state index < -0.39 is 5.95 Å². The monoisotopic (exact) mass is 238 g/mol. The third-order valence-electron chi connectivity index (χ3n) is 1.62. The fraction of sp³-hybridized carbons (Fsp3) is 0.300. The van der Waals surface area contributed by atoms with Gasteiger partial charge in [0.2, 0.25) is 11.9 Å². The summed E-state index contributed by atoms with van der Waals surface area (Å²) in [6.07, 6.45) is 5.11. The number of anilines is 1. The van der Waals surface area contributed by atoms with Gasteiger partial charge in [-0.3, -0.25) is 15.6 Å². The summed E-state index contributed by atoms with van der Waals surface area (Å²) < 4.78 is 17.3. The van der Waals surface area contributed by atoms with Crippen molar-refractivity contribution in [1.29, 1.82) is 0 Å². The van der Waals surface area contributed by atoms with E-state index in [0.717, 1.165) is 6.07 Å². The minimum Gasteiger partial charge on any atom is -0.368 e. The second-order valence-electron chi connectivity index (χ2n) is 2.92. The smallest absolute Gasteiger partial charge is 0.240 e. The molecule has 0 fully saturated rings. The summed E-state index contributed by atoms with van der Waals surface area (Å²) in [6.45, 7) is 0.400. The van der Waals surface area contributed by atoms with Gasteiger partial charge in [0.25, 0.3) is 0 Å². The Balaban J connectivity index is 2.19. The molecule has 1 aromatic heterocycles. The van der Waals surface area contributed by atoms with Crippen LogP contribution in [0.1, 0.15) is 6.42 Å². The van der Waals surface area contributed by atoms with Crippen LogP contribution in [0, 0.1) is 18.3 Å². The molecule has 0 bridgehead atoms. The molecule has 2 N–H and O–H groups in total. The van der Waals surface area contributed by atoms with Crippen molar-refractivity contribution < 1.29 is 13.9 Å². The molecule has 0 saturated carbocycles. The van der Waals surface area contributed by atoms with Gasteiger partial charge >= 0.3 is 0 Å². The maximum absolute atomic E-state index is 12.4. The van der Waals surface area contributed by atoms with Gasteiger partial charge in [-0.15, -0.1) is 16.6 Å². The topological polar surface area (TPSA) is 76.1 Å². The molecule has 0 aliphatic rings. The number of ether oxygens (including phenoxy) is 1. The molecule has 1 rings (SSSR count). The number of carbonyl (C=O) groups excluding carboxylic acids is 1. The average Bonchev–Trinajstić information content (AvgIpc) is 2.34. The van der Waals surface area contributed by atoms with Crippen molar-refractivity contribution in [1.82, 2.24) is 15.6 Å². The zero-order valence-corrected chi connectivity index (χ0v) is 8.94. The minimum atomic E-state index is -0.690. The number of nitrogens with one attached hydrogen (secondary N) is 2. The Hall–Kier alpha value is -2.20. The van der Waals surface area contributed by atoms with E-state index in [1.54, 1.807) is 0 Å². The molecule has 0 aliphatic carbocycles. The molecule has 0 radical (unpaired) electrons. The summed E-state index contributed by atoms with van der Waals surface area (Å²) in [7, 11) is 0. The molecular formula is C10H11FN4O2. The first kappa shape index (κ1) is 12.9. The largest absolute Gasteiger partial charge is 0.368 e. The molecule has 7 heteroatoms. The Morgan fingerprint density at radius 1 is 1.53 bits per heavy atom. The van der Waals surface area contributed by atoms with E-state index in [4.69, 9.17) is 11.2 Å². The SMILES string of the molecule is C#CCOCCC(=O)NNc1ccc(F)nn1. The first-order valence-corrected chi connectivity index (χ1v) is 4.77. The van der Waals surface area contributed by atoms with Crippen LogP contribution in [-0.2, 0) is 9.53 Å². The van der Waals surface area contributed by atoms with Crippen molar-refractivity contribution in [3.63, 3.8) is 0 Å². The normalized spacial score (nSPS) is 9.41. The van der Waals surface area contributed by atoms with Crippen molar-refractivity contribution in [2.75, 3.05) is 18.6 Å². The molecule has 0 saturated heterocycles. The van der Waals surface area contributed by atoms with Gasteiger partial charge in [0.1, 0.15) is 6.61 Å². The Kier molecular flexibility index (Phi) is 5.40. The lowest BCUT2D eigenvalue weighted by atomic mass is 10.4. The Bertz CT molecular complexity index is 402. The fourth-order valence-electron chi connectivity index (χ4n) is 0.875. The third kappa shape index (κ3) is 5.44. The second kappa shape index (κ2) is 7.14. The third-order valence-corrected chi connectivity index (χ3v) is 1.62. The van der Waals surface area contributed by atoms with Gasteiger partial charge in [-0.25, -0.2) is 0 Å². The number of halogens is 1. The van der Waals surface area contributed by atoms with Gasteiger partial charge in [-0.05, 0) is 12.1 Å². The van der Waals surface area contributed by atoms with Crippen LogP contribution in [0.3, 0.4) is 0 Å². The molecule has 17 heavy (non-hydrogen) atoms. The lowest BCUT2D eigenvalue weighted by Crippen LogP contribution is -2.30. The van der Waals surface area contributed by atoms with E-state index in [2.05, 4.69) is 27.0 Å². The maximum atomic E-state index is 12.4. The van der Waals surface area contributed by atoms with E-state index in [1.807, 2.05) is 0 Å². The van der Waals surface area contributed by atoms with Crippen LogP contribution >= 0.6 is 0 Å². The number of hydrazine groups is 1. The average molecular weight is 238 g/mol. The van der Waals surface area contributed by atoms with Crippen molar-refractivity contribution in [3.05, 3.63) is 18.1 Å². The summed E-state index contributed by atoms with van der Waals surface area (Å²) in [4.78, 5) is 11.2. The van der Waals surface area contributed by atoms with Crippen LogP contribution in [0.15, 0.2) is 12.1 Å². The lowest BCUT2D eigenvalue weighted by molar-refractivity contribution is -0.121. The molecule has 0 unspecified atom stereocenters. The summed E-state index contributed by atoms with van der Waals surface area (Å²) >= 11 is 0. The Morgan fingerprint density at radius 2 is 2.35 bits per heavy atom. The summed E-state index contributed by atoms with van der Waals surface area (Å²) in [5.74, 6) is 1.53. The highest BCUT2D eigenvalue weighted by atomic mass is 19.1. The zero-order chi connectivity index (χ0) is 12.5. The van der Waals surface area contributed by atoms with Gasteiger partial charge in [-0.2, -0.15) is 4.39 Å². The summed E-state index contributed by atoms with van der Waals surface area (Å²) in [6, 6.07) is 2.47. The molecule has 1 amide bonds. The maximum Gasteiger partial charge on any atom is 0.240 e. The molecule has 1 aromatic rings. The molecule has 90 valence electrons. The highest BCUT2D eigenvalue weighted by Gasteiger charge is 2.01. The second-order valence-corrected chi connectivity index (χ2v) is 2.92. The first-order chi connectivity index (χ1) is 8.22. The van der Waals surface area contributed by atoms with Gasteiger partial charge in [0.15, 0.2) is 5.82 Å². The minimum absolute atomic E-state index is 0.156.